The molecule has 4 heteroatoms. The Labute approximate surface area is 111 Å². The third kappa shape index (κ3) is 4.06. The second-order valence-electron chi connectivity index (χ2n) is 4.19. The lowest BCUT2D eigenvalue weighted by Gasteiger charge is -2.00. The monoisotopic (exact) mass is 269 g/mol. The molecule has 1 amide bonds. The topological polar surface area (TPSA) is 29.1 Å². The third-order valence-corrected chi connectivity index (χ3v) is 3.20. The number of hydrogen-bond acceptors (Lipinski definition) is 1. The van der Waals surface area contributed by atoms with Gasteiger partial charge in [-0.25, -0.2) is 0 Å². The second kappa shape index (κ2) is 5.56. The van der Waals surface area contributed by atoms with Crippen molar-refractivity contribution in [2.75, 3.05) is 6.54 Å². The van der Waals surface area contributed by atoms with Crippen LogP contribution in [0.15, 0.2) is 24.3 Å². The normalized spacial score (nSPS) is 15.2. The fourth-order valence-corrected chi connectivity index (χ4v) is 1.90. The predicted molar refractivity (Wildman–Crippen MR) is 71.2 cm³/mol. The van der Waals surface area contributed by atoms with Gasteiger partial charge in [-0.2, -0.15) is 0 Å². The van der Waals surface area contributed by atoms with E-state index in [1.807, 2.05) is 0 Å². The molecule has 1 aromatic carbocycles. The first-order valence-electron chi connectivity index (χ1n) is 5.56. The Hall–Kier alpha value is -0.990. The highest BCUT2D eigenvalue weighted by Crippen LogP contribution is 2.27. The lowest BCUT2D eigenvalue weighted by Crippen LogP contribution is -2.23. The van der Waals surface area contributed by atoms with E-state index in [1.165, 1.54) is 18.9 Å². The van der Waals surface area contributed by atoms with E-state index in [9.17, 15) is 4.79 Å². The van der Waals surface area contributed by atoms with Crippen molar-refractivity contribution in [1.82, 2.24) is 5.32 Å². The minimum absolute atomic E-state index is 0.0806. The Morgan fingerprint density at radius 3 is 2.82 bits per heavy atom. The molecule has 0 aromatic heterocycles. The largest absolute Gasteiger partial charge is 0.352 e. The van der Waals surface area contributed by atoms with Gasteiger partial charge in [0.1, 0.15) is 0 Å². The summed E-state index contributed by atoms with van der Waals surface area (Å²) in [6.07, 6.45) is 5.65. The van der Waals surface area contributed by atoms with E-state index >= 15 is 0 Å². The van der Waals surface area contributed by atoms with Crippen LogP contribution in [0.2, 0.25) is 10.0 Å². The zero-order valence-electron chi connectivity index (χ0n) is 9.25. The van der Waals surface area contributed by atoms with E-state index in [0.29, 0.717) is 16.0 Å². The number of benzene rings is 1. The molecule has 1 aromatic rings. The van der Waals surface area contributed by atoms with Crippen LogP contribution in [0.5, 0.6) is 0 Å². The van der Waals surface area contributed by atoms with E-state index in [0.717, 1.165) is 12.1 Å². The number of rotatable bonds is 4. The fraction of sp³-hybridized carbons (Fsp3) is 0.308. The van der Waals surface area contributed by atoms with Crippen LogP contribution in [-0.2, 0) is 4.79 Å². The Kier molecular flexibility index (Phi) is 4.08. The van der Waals surface area contributed by atoms with Gasteiger partial charge >= 0.3 is 0 Å². The number of amides is 1. The molecule has 1 fully saturated rings. The molecule has 0 bridgehead atoms. The Morgan fingerprint density at radius 1 is 1.41 bits per heavy atom. The van der Waals surface area contributed by atoms with Crippen LogP contribution in [0.1, 0.15) is 18.4 Å². The summed E-state index contributed by atoms with van der Waals surface area (Å²) in [5.41, 5.74) is 0.789. The summed E-state index contributed by atoms with van der Waals surface area (Å²) < 4.78 is 0. The molecule has 0 radical (unpaired) electrons. The molecular weight excluding hydrogens is 257 g/mol. The van der Waals surface area contributed by atoms with Crippen molar-refractivity contribution in [3.63, 3.8) is 0 Å². The SMILES string of the molecule is O=C(/C=C/c1ccc(Cl)cc1Cl)NCC1CC1. The van der Waals surface area contributed by atoms with Gasteiger partial charge < -0.3 is 5.32 Å². The lowest BCUT2D eigenvalue weighted by molar-refractivity contribution is -0.116. The summed E-state index contributed by atoms with van der Waals surface area (Å²) in [4.78, 5) is 11.5. The second-order valence-corrected chi connectivity index (χ2v) is 5.03. The highest BCUT2D eigenvalue weighted by Gasteiger charge is 2.20. The first kappa shape index (κ1) is 12.5. The molecule has 0 unspecified atom stereocenters. The maximum Gasteiger partial charge on any atom is 0.244 e. The van der Waals surface area contributed by atoms with Gasteiger partial charge in [-0.1, -0.05) is 29.3 Å². The van der Waals surface area contributed by atoms with Gasteiger partial charge in [0.15, 0.2) is 0 Å². The molecule has 0 spiro atoms. The molecule has 1 saturated carbocycles. The number of nitrogens with one attached hydrogen (secondary N) is 1. The third-order valence-electron chi connectivity index (χ3n) is 2.64. The number of carbonyl (C=O) groups is 1. The van der Waals surface area contributed by atoms with E-state index in [1.54, 1.807) is 24.3 Å². The van der Waals surface area contributed by atoms with Crippen LogP contribution in [0.3, 0.4) is 0 Å². The average Bonchev–Trinajstić information content (AvgIpc) is 3.09. The zero-order chi connectivity index (χ0) is 12.3. The van der Waals surface area contributed by atoms with Crippen LogP contribution < -0.4 is 5.32 Å². The molecule has 2 nitrogen and oxygen atoms in total. The molecular formula is C13H13Cl2NO. The summed E-state index contributed by atoms with van der Waals surface area (Å²) in [5, 5.41) is 3.98. The average molecular weight is 270 g/mol. The van der Waals surface area contributed by atoms with Crippen LogP contribution in [0.25, 0.3) is 6.08 Å². The van der Waals surface area contributed by atoms with Crippen LogP contribution in [0, 0.1) is 5.92 Å². The molecule has 90 valence electrons. The maximum absolute atomic E-state index is 11.5. The lowest BCUT2D eigenvalue weighted by atomic mass is 10.2. The quantitative estimate of drug-likeness (QED) is 0.833. The number of halogens is 2. The van der Waals surface area contributed by atoms with Crippen molar-refractivity contribution in [3.05, 3.63) is 39.9 Å². The fourth-order valence-electron chi connectivity index (χ4n) is 1.43. The predicted octanol–water partition coefficient (Wildman–Crippen LogP) is 3.53. The summed E-state index contributed by atoms with van der Waals surface area (Å²) in [7, 11) is 0. The standard InChI is InChI=1S/C13H13Cl2NO/c14-11-5-3-10(12(15)7-11)4-6-13(17)16-8-9-1-2-9/h3-7,9H,1-2,8H2,(H,16,17)/b6-4+. The van der Waals surface area contributed by atoms with Crippen molar-refractivity contribution in [2.45, 2.75) is 12.8 Å². The molecule has 1 aliphatic rings. The zero-order valence-corrected chi connectivity index (χ0v) is 10.8. The van der Waals surface area contributed by atoms with Crippen molar-refractivity contribution >= 4 is 35.2 Å². The van der Waals surface area contributed by atoms with Crippen molar-refractivity contribution in [1.29, 1.82) is 0 Å². The van der Waals surface area contributed by atoms with Gasteiger partial charge in [-0.3, -0.25) is 4.79 Å². The summed E-state index contributed by atoms with van der Waals surface area (Å²) in [6.45, 7) is 0.775. The molecule has 0 aliphatic heterocycles. The first-order valence-corrected chi connectivity index (χ1v) is 6.32. The van der Waals surface area contributed by atoms with Gasteiger partial charge in [0.25, 0.3) is 0 Å². The molecule has 2 rings (SSSR count). The maximum atomic E-state index is 11.5. The molecule has 0 saturated heterocycles. The van der Waals surface area contributed by atoms with Gasteiger partial charge in [0.2, 0.25) is 5.91 Å². The van der Waals surface area contributed by atoms with E-state index in [2.05, 4.69) is 5.32 Å². The first-order chi connectivity index (χ1) is 8.15. The number of carbonyl (C=O) groups excluding carboxylic acids is 1. The minimum atomic E-state index is -0.0806. The van der Waals surface area contributed by atoms with Crippen molar-refractivity contribution in [3.8, 4) is 0 Å². The smallest absolute Gasteiger partial charge is 0.244 e. The van der Waals surface area contributed by atoms with Crippen LogP contribution >= 0.6 is 23.2 Å². The molecule has 0 heterocycles. The van der Waals surface area contributed by atoms with E-state index in [4.69, 9.17) is 23.2 Å². The highest BCUT2D eigenvalue weighted by atomic mass is 35.5. The Bertz CT molecular complexity index is 453. The Balaban J connectivity index is 1.91. The molecule has 1 aliphatic carbocycles. The van der Waals surface area contributed by atoms with Crippen LogP contribution in [0.4, 0.5) is 0 Å². The van der Waals surface area contributed by atoms with Gasteiger partial charge in [-0.15, -0.1) is 0 Å². The molecule has 0 atom stereocenters. The minimum Gasteiger partial charge on any atom is -0.352 e. The van der Waals surface area contributed by atoms with E-state index in [-0.39, 0.29) is 5.91 Å². The van der Waals surface area contributed by atoms with Crippen molar-refractivity contribution in [2.24, 2.45) is 5.92 Å². The summed E-state index contributed by atoms with van der Waals surface area (Å²) >= 11 is 11.8. The molecule has 1 N–H and O–H groups in total. The summed E-state index contributed by atoms with van der Waals surface area (Å²) in [5.74, 6) is 0.606. The van der Waals surface area contributed by atoms with Gasteiger partial charge in [0, 0.05) is 22.7 Å². The van der Waals surface area contributed by atoms with Gasteiger partial charge in [0.05, 0.1) is 0 Å². The number of hydrogen-bond donors (Lipinski definition) is 1. The van der Waals surface area contributed by atoms with Crippen LogP contribution in [-0.4, -0.2) is 12.5 Å². The van der Waals surface area contributed by atoms with Gasteiger partial charge in [-0.05, 0) is 42.5 Å². The molecule has 17 heavy (non-hydrogen) atoms. The summed E-state index contributed by atoms with van der Waals surface area (Å²) in [6, 6.07) is 5.19. The van der Waals surface area contributed by atoms with Crippen molar-refractivity contribution < 1.29 is 4.79 Å². The van der Waals surface area contributed by atoms with E-state index < -0.39 is 0 Å². The highest BCUT2D eigenvalue weighted by molar-refractivity contribution is 6.35. The Morgan fingerprint density at radius 2 is 2.18 bits per heavy atom.